The second-order valence-electron chi connectivity index (χ2n) is 4.88. The minimum absolute atomic E-state index is 0.470. The number of carbonyl (C=O) groups is 1. The van der Waals surface area contributed by atoms with E-state index in [1.807, 2.05) is 54.6 Å². The van der Waals surface area contributed by atoms with Crippen molar-refractivity contribution in [2.24, 2.45) is 0 Å². The zero-order valence-corrected chi connectivity index (χ0v) is 12.0. The highest BCUT2D eigenvalue weighted by Crippen LogP contribution is 2.15. The van der Waals surface area contributed by atoms with Crippen molar-refractivity contribution in [1.29, 1.82) is 0 Å². The number of hydrogen-bond acceptors (Lipinski definition) is 2. The minimum atomic E-state index is -0.911. The first-order chi connectivity index (χ1) is 10.1. The van der Waals surface area contributed by atoms with Crippen molar-refractivity contribution in [3.8, 4) is 5.75 Å². The van der Waals surface area contributed by atoms with Gasteiger partial charge in [0.2, 0.25) is 0 Å². The van der Waals surface area contributed by atoms with Crippen LogP contribution in [0.15, 0.2) is 54.6 Å². The molecule has 21 heavy (non-hydrogen) atoms. The highest BCUT2D eigenvalue weighted by atomic mass is 16.5. The Kier molecular flexibility index (Phi) is 5.21. The molecule has 2 aromatic carbocycles. The predicted molar refractivity (Wildman–Crippen MR) is 81.6 cm³/mol. The Hall–Kier alpha value is -2.49. The molecule has 0 aliphatic carbocycles. The fraction of sp³-hybridized carbons (Fsp3) is 0.235. The highest BCUT2D eigenvalue weighted by Gasteiger charge is 2.05. The largest absolute Gasteiger partial charge is 0.489 e. The molecule has 0 radical (unpaired) electrons. The second kappa shape index (κ2) is 7.33. The topological polar surface area (TPSA) is 49.8 Å². The van der Waals surface area contributed by atoms with Crippen LogP contribution in [0.25, 0.3) is 0 Å². The molecule has 2 aromatic rings. The number of nitrogens with zero attached hydrogens (tertiary/aromatic N) is 1. The van der Waals surface area contributed by atoms with E-state index in [1.165, 1.54) is 4.90 Å². The summed E-state index contributed by atoms with van der Waals surface area (Å²) in [5, 5.41) is 8.83. The molecule has 0 aliphatic rings. The van der Waals surface area contributed by atoms with Gasteiger partial charge in [0.05, 0.1) is 0 Å². The van der Waals surface area contributed by atoms with E-state index in [4.69, 9.17) is 9.84 Å². The summed E-state index contributed by atoms with van der Waals surface area (Å²) in [4.78, 5) is 12.0. The fourth-order valence-corrected chi connectivity index (χ4v) is 1.92. The summed E-state index contributed by atoms with van der Waals surface area (Å²) in [6, 6.07) is 17.8. The molecule has 0 aliphatic heterocycles. The van der Waals surface area contributed by atoms with Gasteiger partial charge in [-0.2, -0.15) is 0 Å². The molecular weight excluding hydrogens is 266 g/mol. The summed E-state index contributed by atoms with van der Waals surface area (Å²) in [6.07, 6.45) is -0.239. The Labute approximate surface area is 124 Å². The molecule has 0 atom stereocenters. The lowest BCUT2D eigenvalue weighted by atomic mass is 10.1. The quantitative estimate of drug-likeness (QED) is 0.884. The lowest BCUT2D eigenvalue weighted by Gasteiger charge is -2.13. The monoisotopic (exact) mass is 285 g/mol. The van der Waals surface area contributed by atoms with Gasteiger partial charge in [0.1, 0.15) is 12.4 Å². The van der Waals surface area contributed by atoms with Crippen molar-refractivity contribution in [2.75, 3.05) is 13.6 Å². The predicted octanol–water partition coefficient (Wildman–Crippen LogP) is 3.42. The van der Waals surface area contributed by atoms with Crippen LogP contribution in [-0.2, 0) is 13.0 Å². The van der Waals surface area contributed by atoms with Crippen LogP contribution in [0.4, 0.5) is 4.79 Å². The number of ether oxygens (including phenoxy) is 1. The molecule has 4 heteroatoms. The van der Waals surface area contributed by atoms with Crippen LogP contribution in [0.2, 0.25) is 0 Å². The van der Waals surface area contributed by atoms with Crippen LogP contribution < -0.4 is 4.74 Å². The van der Waals surface area contributed by atoms with Gasteiger partial charge in [-0.1, -0.05) is 42.5 Å². The number of likely N-dealkylation sites (N-methyl/N-ethyl adjacent to an activating group) is 1. The average molecular weight is 285 g/mol. The van der Waals surface area contributed by atoms with Crippen LogP contribution in [-0.4, -0.2) is 29.7 Å². The van der Waals surface area contributed by atoms with Gasteiger partial charge in [0.15, 0.2) is 0 Å². The molecule has 1 amide bonds. The van der Waals surface area contributed by atoms with Gasteiger partial charge in [0.25, 0.3) is 0 Å². The smallest absolute Gasteiger partial charge is 0.407 e. The Morgan fingerprint density at radius 2 is 1.81 bits per heavy atom. The van der Waals surface area contributed by atoms with E-state index >= 15 is 0 Å². The van der Waals surface area contributed by atoms with Crippen LogP contribution >= 0.6 is 0 Å². The SMILES string of the molecule is CN(CCc1cccc(OCc2ccccc2)c1)C(=O)O. The first-order valence-electron chi connectivity index (χ1n) is 6.85. The molecule has 0 bridgehead atoms. The number of hydrogen-bond donors (Lipinski definition) is 1. The number of benzene rings is 2. The molecule has 0 saturated carbocycles. The van der Waals surface area contributed by atoms with Crippen molar-refractivity contribution >= 4 is 6.09 Å². The maximum Gasteiger partial charge on any atom is 0.407 e. The van der Waals surface area contributed by atoms with E-state index in [0.717, 1.165) is 16.9 Å². The normalized spacial score (nSPS) is 10.1. The molecule has 0 spiro atoms. The van der Waals surface area contributed by atoms with Gasteiger partial charge < -0.3 is 14.7 Å². The second-order valence-corrected chi connectivity index (χ2v) is 4.88. The third kappa shape index (κ3) is 4.84. The number of carboxylic acid groups (broad SMARTS) is 1. The molecule has 1 N–H and O–H groups in total. The first-order valence-corrected chi connectivity index (χ1v) is 6.85. The van der Waals surface area contributed by atoms with Gasteiger partial charge in [0, 0.05) is 13.6 Å². The van der Waals surface area contributed by atoms with Crippen molar-refractivity contribution in [1.82, 2.24) is 4.90 Å². The Bertz CT molecular complexity index is 584. The Morgan fingerprint density at radius 1 is 1.10 bits per heavy atom. The zero-order chi connectivity index (χ0) is 15.1. The lowest BCUT2D eigenvalue weighted by molar-refractivity contribution is 0.156. The van der Waals surface area contributed by atoms with Crippen molar-refractivity contribution < 1.29 is 14.6 Å². The molecule has 0 fully saturated rings. The fourth-order valence-electron chi connectivity index (χ4n) is 1.92. The zero-order valence-electron chi connectivity index (χ0n) is 12.0. The van der Waals surface area contributed by atoms with Crippen LogP contribution in [0.3, 0.4) is 0 Å². The first kappa shape index (κ1) is 14.9. The molecule has 2 rings (SSSR count). The third-order valence-electron chi connectivity index (χ3n) is 3.21. The van der Waals surface area contributed by atoms with E-state index in [9.17, 15) is 4.79 Å². The minimum Gasteiger partial charge on any atom is -0.489 e. The van der Waals surface area contributed by atoms with Gasteiger partial charge in [-0.3, -0.25) is 0 Å². The van der Waals surface area contributed by atoms with Crippen molar-refractivity contribution in [3.63, 3.8) is 0 Å². The van der Waals surface area contributed by atoms with E-state index < -0.39 is 6.09 Å². The lowest BCUT2D eigenvalue weighted by Crippen LogP contribution is -2.26. The van der Waals surface area contributed by atoms with Crippen LogP contribution in [0, 0.1) is 0 Å². The number of rotatable bonds is 6. The third-order valence-corrected chi connectivity index (χ3v) is 3.21. The molecule has 4 nitrogen and oxygen atoms in total. The summed E-state index contributed by atoms with van der Waals surface area (Å²) in [6.45, 7) is 0.997. The maximum absolute atomic E-state index is 10.7. The van der Waals surface area contributed by atoms with E-state index in [-0.39, 0.29) is 0 Å². The number of amides is 1. The molecule has 0 saturated heterocycles. The van der Waals surface area contributed by atoms with Crippen LogP contribution in [0.5, 0.6) is 5.75 Å². The Morgan fingerprint density at radius 3 is 2.52 bits per heavy atom. The molecular formula is C17H19NO3. The summed E-state index contributed by atoms with van der Waals surface area (Å²) < 4.78 is 5.76. The van der Waals surface area contributed by atoms with Crippen LogP contribution in [0.1, 0.15) is 11.1 Å². The molecule has 0 unspecified atom stereocenters. The standard InChI is InChI=1S/C17H19NO3/c1-18(17(19)20)11-10-14-8-5-9-16(12-14)21-13-15-6-3-2-4-7-15/h2-9,12H,10-11,13H2,1H3,(H,19,20). The van der Waals surface area contributed by atoms with Gasteiger partial charge in [-0.15, -0.1) is 0 Å². The summed E-state index contributed by atoms with van der Waals surface area (Å²) in [7, 11) is 1.57. The molecule has 0 heterocycles. The van der Waals surface area contributed by atoms with Gasteiger partial charge in [-0.25, -0.2) is 4.79 Å². The van der Waals surface area contributed by atoms with Crippen molar-refractivity contribution in [3.05, 3.63) is 65.7 Å². The Balaban J connectivity index is 1.90. The van der Waals surface area contributed by atoms with E-state index in [2.05, 4.69) is 0 Å². The van der Waals surface area contributed by atoms with Gasteiger partial charge >= 0.3 is 6.09 Å². The van der Waals surface area contributed by atoms with Crippen molar-refractivity contribution in [2.45, 2.75) is 13.0 Å². The maximum atomic E-state index is 10.7. The summed E-state index contributed by atoms with van der Waals surface area (Å²) >= 11 is 0. The highest BCUT2D eigenvalue weighted by molar-refractivity contribution is 5.64. The molecule has 0 aromatic heterocycles. The van der Waals surface area contributed by atoms with Gasteiger partial charge in [-0.05, 0) is 29.7 Å². The summed E-state index contributed by atoms with van der Waals surface area (Å²) in [5.74, 6) is 0.800. The summed E-state index contributed by atoms with van der Waals surface area (Å²) in [5.41, 5.74) is 2.18. The average Bonchev–Trinajstić information content (AvgIpc) is 2.52. The molecule has 110 valence electrons. The van der Waals surface area contributed by atoms with E-state index in [0.29, 0.717) is 19.6 Å². The van der Waals surface area contributed by atoms with E-state index in [1.54, 1.807) is 7.05 Å².